The molecule has 2 N–H and O–H groups in total. The van der Waals surface area contributed by atoms with E-state index in [1.807, 2.05) is 0 Å². The van der Waals surface area contributed by atoms with Crippen LogP contribution < -0.4 is 10.0 Å². The van der Waals surface area contributed by atoms with Gasteiger partial charge in [-0.05, 0) is 31.5 Å². The Hall–Kier alpha value is -1.44. The number of carbonyl (C=O) groups is 1. The SMILES string of the molecule is COC(=O)c1ccccc1S(=O)(=O)N[C@H]1CCCNC1. The topological polar surface area (TPSA) is 84.5 Å². The van der Waals surface area contributed by atoms with Crippen molar-refractivity contribution in [3.63, 3.8) is 0 Å². The quantitative estimate of drug-likeness (QED) is 0.791. The summed E-state index contributed by atoms with van der Waals surface area (Å²) in [5, 5.41) is 3.14. The molecular formula is C13H18N2O4S. The zero-order chi connectivity index (χ0) is 14.6. The van der Waals surface area contributed by atoms with E-state index in [-0.39, 0.29) is 16.5 Å². The van der Waals surface area contributed by atoms with Crippen molar-refractivity contribution in [2.75, 3.05) is 20.2 Å². The highest BCUT2D eigenvalue weighted by molar-refractivity contribution is 7.89. The molecule has 0 radical (unpaired) electrons. The third kappa shape index (κ3) is 3.36. The van der Waals surface area contributed by atoms with Gasteiger partial charge in [0, 0.05) is 12.6 Å². The fourth-order valence-corrected chi connectivity index (χ4v) is 3.68. The second kappa shape index (κ2) is 6.34. The molecule has 20 heavy (non-hydrogen) atoms. The van der Waals surface area contributed by atoms with Crippen molar-refractivity contribution < 1.29 is 17.9 Å². The summed E-state index contributed by atoms with van der Waals surface area (Å²) < 4.78 is 32.0. The summed E-state index contributed by atoms with van der Waals surface area (Å²) in [7, 11) is -2.51. The van der Waals surface area contributed by atoms with Crippen LogP contribution in [0.5, 0.6) is 0 Å². The van der Waals surface area contributed by atoms with Crippen LogP contribution in [0.2, 0.25) is 0 Å². The third-order valence-electron chi connectivity index (χ3n) is 3.20. The van der Waals surface area contributed by atoms with Gasteiger partial charge in [0.15, 0.2) is 0 Å². The van der Waals surface area contributed by atoms with Gasteiger partial charge in [-0.1, -0.05) is 12.1 Å². The van der Waals surface area contributed by atoms with E-state index in [1.165, 1.54) is 19.2 Å². The highest BCUT2D eigenvalue weighted by atomic mass is 32.2. The Bertz CT molecular complexity index is 580. The van der Waals surface area contributed by atoms with Gasteiger partial charge in [-0.2, -0.15) is 0 Å². The standard InChI is InChI=1S/C13H18N2O4S/c1-19-13(16)11-6-2-3-7-12(11)20(17,18)15-10-5-4-8-14-9-10/h2-3,6-7,10,14-15H,4-5,8-9H2,1H3/t10-/m0/s1. The minimum atomic E-state index is -3.74. The molecule has 0 aliphatic carbocycles. The number of sulfonamides is 1. The van der Waals surface area contributed by atoms with Gasteiger partial charge in [-0.3, -0.25) is 0 Å². The average molecular weight is 298 g/mol. The summed E-state index contributed by atoms with van der Waals surface area (Å²) in [5.74, 6) is -0.659. The number of hydrogen-bond donors (Lipinski definition) is 2. The first kappa shape index (κ1) is 15.0. The summed E-state index contributed by atoms with van der Waals surface area (Å²) in [6.45, 7) is 1.50. The molecule has 1 aliphatic rings. The van der Waals surface area contributed by atoms with Gasteiger partial charge in [-0.15, -0.1) is 0 Å². The Morgan fingerprint density at radius 3 is 2.80 bits per heavy atom. The van der Waals surface area contributed by atoms with Crippen molar-refractivity contribution in [2.24, 2.45) is 0 Å². The highest BCUT2D eigenvalue weighted by Gasteiger charge is 2.26. The zero-order valence-corrected chi connectivity index (χ0v) is 12.1. The summed E-state index contributed by atoms with van der Waals surface area (Å²) in [5.41, 5.74) is 0.0475. The number of ether oxygens (including phenoxy) is 1. The lowest BCUT2D eigenvalue weighted by molar-refractivity contribution is 0.0596. The molecule has 1 fully saturated rings. The number of rotatable bonds is 4. The first-order chi connectivity index (χ1) is 9.54. The van der Waals surface area contributed by atoms with E-state index in [4.69, 9.17) is 0 Å². The molecule has 2 rings (SSSR count). The molecule has 0 bridgehead atoms. The van der Waals surface area contributed by atoms with Crippen LogP contribution >= 0.6 is 0 Å². The van der Waals surface area contributed by atoms with Crippen molar-refractivity contribution in [3.05, 3.63) is 29.8 Å². The van der Waals surface area contributed by atoms with Crippen molar-refractivity contribution in [2.45, 2.75) is 23.8 Å². The predicted molar refractivity (Wildman–Crippen MR) is 74.0 cm³/mol. The Balaban J connectivity index is 2.27. The predicted octanol–water partition coefficient (Wildman–Crippen LogP) is 0.503. The molecule has 1 aromatic carbocycles. The van der Waals surface area contributed by atoms with Crippen LogP contribution in [0.25, 0.3) is 0 Å². The molecule has 1 atom stereocenters. The van der Waals surface area contributed by atoms with Crippen LogP contribution in [0.4, 0.5) is 0 Å². The molecule has 0 saturated carbocycles. The first-order valence-corrected chi connectivity index (χ1v) is 7.93. The number of methoxy groups -OCH3 is 1. The van der Waals surface area contributed by atoms with Crippen molar-refractivity contribution >= 4 is 16.0 Å². The Morgan fingerprint density at radius 2 is 2.15 bits per heavy atom. The summed E-state index contributed by atoms with van der Waals surface area (Å²) in [6, 6.07) is 5.89. The number of benzene rings is 1. The summed E-state index contributed by atoms with van der Waals surface area (Å²) in [6.07, 6.45) is 1.71. The lowest BCUT2D eigenvalue weighted by atomic mass is 10.1. The molecular weight excluding hydrogens is 280 g/mol. The van der Waals surface area contributed by atoms with Crippen LogP contribution in [0.15, 0.2) is 29.2 Å². The highest BCUT2D eigenvalue weighted by Crippen LogP contribution is 2.17. The van der Waals surface area contributed by atoms with Crippen LogP contribution in [-0.2, 0) is 14.8 Å². The fraction of sp³-hybridized carbons (Fsp3) is 0.462. The van der Waals surface area contributed by atoms with E-state index in [1.54, 1.807) is 12.1 Å². The minimum Gasteiger partial charge on any atom is -0.465 e. The molecule has 1 aromatic rings. The largest absolute Gasteiger partial charge is 0.465 e. The van der Waals surface area contributed by atoms with Crippen molar-refractivity contribution in [3.8, 4) is 0 Å². The van der Waals surface area contributed by atoms with Gasteiger partial charge in [-0.25, -0.2) is 17.9 Å². The van der Waals surface area contributed by atoms with Gasteiger partial charge < -0.3 is 10.1 Å². The van der Waals surface area contributed by atoms with Gasteiger partial charge >= 0.3 is 5.97 Å². The molecule has 1 saturated heterocycles. The van der Waals surface area contributed by atoms with E-state index in [0.29, 0.717) is 6.54 Å². The van der Waals surface area contributed by atoms with E-state index in [2.05, 4.69) is 14.8 Å². The maximum Gasteiger partial charge on any atom is 0.339 e. The lowest BCUT2D eigenvalue weighted by Crippen LogP contribution is -2.45. The van der Waals surface area contributed by atoms with E-state index in [0.717, 1.165) is 19.4 Å². The molecule has 0 amide bonds. The van der Waals surface area contributed by atoms with Crippen LogP contribution in [0.1, 0.15) is 23.2 Å². The van der Waals surface area contributed by atoms with Gasteiger partial charge in [0.1, 0.15) is 0 Å². The lowest BCUT2D eigenvalue weighted by Gasteiger charge is -2.24. The number of nitrogens with one attached hydrogen (secondary N) is 2. The first-order valence-electron chi connectivity index (χ1n) is 6.45. The molecule has 0 aromatic heterocycles. The number of piperidine rings is 1. The van der Waals surface area contributed by atoms with E-state index in [9.17, 15) is 13.2 Å². The van der Waals surface area contributed by atoms with Crippen LogP contribution in [-0.4, -0.2) is 40.6 Å². The second-order valence-corrected chi connectivity index (χ2v) is 6.33. The number of carbonyl (C=O) groups excluding carboxylic acids is 1. The number of hydrogen-bond acceptors (Lipinski definition) is 5. The maximum absolute atomic E-state index is 12.4. The Kier molecular flexibility index (Phi) is 4.74. The van der Waals surface area contributed by atoms with Crippen molar-refractivity contribution in [1.82, 2.24) is 10.0 Å². The van der Waals surface area contributed by atoms with Gasteiger partial charge in [0.05, 0.1) is 17.6 Å². The molecule has 1 heterocycles. The van der Waals surface area contributed by atoms with Gasteiger partial charge in [0.25, 0.3) is 0 Å². The molecule has 6 nitrogen and oxygen atoms in total. The normalized spacial score (nSPS) is 19.6. The smallest absolute Gasteiger partial charge is 0.339 e. The molecule has 7 heteroatoms. The maximum atomic E-state index is 12.4. The van der Waals surface area contributed by atoms with Crippen molar-refractivity contribution in [1.29, 1.82) is 0 Å². The summed E-state index contributed by atoms with van der Waals surface area (Å²) >= 11 is 0. The van der Waals surface area contributed by atoms with E-state index < -0.39 is 16.0 Å². The fourth-order valence-electron chi connectivity index (χ4n) is 2.21. The minimum absolute atomic E-state index is 0.0441. The van der Waals surface area contributed by atoms with E-state index >= 15 is 0 Å². The zero-order valence-electron chi connectivity index (χ0n) is 11.3. The number of esters is 1. The second-order valence-electron chi connectivity index (χ2n) is 4.65. The third-order valence-corrected chi connectivity index (χ3v) is 4.78. The molecule has 0 unspecified atom stereocenters. The van der Waals surface area contributed by atoms with Crippen LogP contribution in [0, 0.1) is 0 Å². The average Bonchev–Trinajstić information content (AvgIpc) is 2.47. The van der Waals surface area contributed by atoms with Crippen LogP contribution in [0.3, 0.4) is 0 Å². The molecule has 0 spiro atoms. The Morgan fingerprint density at radius 1 is 1.40 bits per heavy atom. The monoisotopic (exact) mass is 298 g/mol. The summed E-state index contributed by atoms with van der Waals surface area (Å²) in [4.78, 5) is 11.6. The molecule has 110 valence electrons. The Labute approximate surface area is 118 Å². The molecule has 1 aliphatic heterocycles. The van der Waals surface area contributed by atoms with Gasteiger partial charge in [0.2, 0.25) is 10.0 Å².